The summed E-state index contributed by atoms with van der Waals surface area (Å²) < 4.78 is 16.6. The molecular weight excluding hydrogens is 352 g/mol. The Morgan fingerprint density at radius 1 is 0.962 bits per heavy atom. The first kappa shape index (κ1) is 20.1. The maximum Gasteiger partial charge on any atom is 0.309 e. The highest BCUT2D eigenvalue weighted by molar-refractivity contribution is 6.30. The Labute approximate surface area is 160 Å². The number of hydrogen-bond donors (Lipinski definition) is 0. The monoisotopic (exact) mass is 376 g/mol. The van der Waals surface area contributed by atoms with E-state index < -0.39 is 0 Å². The summed E-state index contributed by atoms with van der Waals surface area (Å²) >= 11 is 5.87. The first-order chi connectivity index (χ1) is 12.5. The van der Waals surface area contributed by atoms with Gasteiger partial charge < -0.3 is 14.2 Å². The number of halogens is 1. The molecule has 0 heterocycles. The van der Waals surface area contributed by atoms with Gasteiger partial charge in [-0.25, -0.2) is 0 Å². The lowest BCUT2D eigenvalue weighted by atomic mass is 9.97. The van der Waals surface area contributed by atoms with E-state index in [0.717, 1.165) is 17.1 Å². The number of ether oxygens (including phenoxy) is 3. The van der Waals surface area contributed by atoms with Crippen LogP contribution in [0.1, 0.15) is 26.3 Å². The molecule has 5 heteroatoms. The molecule has 0 aliphatic rings. The van der Waals surface area contributed by atoms with E-state index in [1.54, 1.807) is 0 Å². The third kappa shape index (κ3) is 6.26. The molecule has 2 rings (SSSR count). The minimum absolute atomic E-state index is 0.0647. The molecule has 0 saturated carbocycles. The van der Waals surface area contributed by atoms with Gasteiger partial charge in [-0.2, -0.15) is 0 Å². The van der Waals surface area contributed by atoms with Gasteiger partial charge in [-0.05, 0) is 48.9 Å². The molecule has 0 aromatic heterocycles. The summed E-state index contributed by atoms with van der Waals surface area (Å²) in [4.78, 5) is 11.7. The predicted molar refractivity (Wildman–Crippen MR) is 103 cm³/mol. The maximum atomic E-state index is 11.7. The Hall–Kier alpha value is -2.20. The van der Waals surface area contributed by atoms with Gasteiger partial charge in [0.05, 0.1) is 19.1 Å². The van der Waals surface area contributed by atoms with Crippen LogP contribution in [0, 0.1) is 11.8 Å². The van der Waals surface area contributed by atoms with E-state index in [0.29, 0.717) is 24.8 Å². The van der Waals surface area contributed by atoms with Gasteiger partial charge in [0.2, 0.25) is 0 Å². The van der Waals surface area contributed by atoms with Crippen LogP contribution in [-0.2, 0) is 16.1 Å². The van der Waals surface area contributed by atoms with Gasteiger partial charge in [0.25, 0.3) is 0 Å². The van der Waals surface area contributed by atoms with Gasteiger partial charge in [-0.1, -0.05) is 37.6 Å². The number of carbonyl (C=O) groups excluding carboxylic acids is 1. The molecule has 0 fully saturated rings. The van der Waals surface area contributed by atoms with Crippen LogP contribution in [0.4, 0.5) is 0 Å². The zero-order valence-corrected chi connectivity index (χ0v) is 16.2. The third-order valence-electron chi connectivity index (χ3n) is 4.17. The standard InChI is InChI=1S/C21H25ClO4/c1-4-24-21(23)16(3)15(2)13-25-19-9-11-20(12-10-19)26-14-17-5-7-18(22)8-6-17/h5-12,15-16H,4,13-14H2,1-3H3. The Kier molecular flexibility index (Phi) is 7.79. The van der Waals surface area contributed by atoms with E-state index in [1.165, 1.54) is 0 Å². The maximum absolute atomic E-state index is 11.7. The molecule has 0 bridgehead atoms. The van der Waals surface area contributed by atoms with Crippen molar-refractivity contribution in [1.29, 1.82) is 0 Å². The molecule has 0 saturated heterocycles. The minimum atomic E-state index is -0.197. The molecule has 2 aromatic carbocycles. The van der Waals surface area contributed by atoms with E-state index >= 15 is 0 Å². The molecule has 0 aliphatic carbocycles. The lowest BCUT2D eigenvalue weighted by Crippen LogP contribution is -2.25. The fourth-order valence-corrected chi connectivity index (χ4v) is 2.38. The smallest absolute Gasteiger partial charge is 0.309 e. The average molecular weight is 377 g/mol. The minimum Gasteiger partial charge on any atom is -0.493 e. The lowest BCUT2D eigenvalue weighted by molar-refractivity contribution is -0.149. The van der Waals surface area contributed by atoms with Crippen molar-refractivity contribution in [2.45, 2.75) is 27.4 Å². The molecule has 0 aliphatic heterocycles. The van der Waals surface area contributed by atoms with Crippen molar-refractivity contribution in [2.75, 3.05) is 13.2 Å². The van der Waals surface area contributed by atoms with Gasteiger partial charge in [0, 0.05) is 10.9 Å². The second-order valence-electron chi connectivity index (χ2n) is 6.22. The van der Waals surface area contributed by atoms with E-state index in [4.69, 9.17) is 25.8 Å². The number of hydrogen-bond acceptors (Lipinski definition) is 4. The molecular formula is C21H25ClO4. The van der Waals surface area contributed by atoms with E-state index in [2.05, 4.69) is 0 Å². The van der Waals surface area contributed by atoms with Crippen molar-refractivity contribution >= 4 is 17.6 Å². The number of rotatable bonds is 9. The molecule has 2 unspecified atom stereocenters. The zero-order chi connectivity index (χ0) is 18.9. The number of esters is 1. The van der Waals surface area contributed by atoms with Crippen LogP contribution in [0.25, 0.3) is 0 Å². The summed E-state index contributed by atoms with van der Waals surface area (Å²) in [5.41, 5.74) is 1.05. The van der Waals surface area contributed by atoms with Crippen LogP contribution in [-0.4, -0.2) is 19.2 Å². The molecule has 26 heavy (non-hydrogen) atoms. The normalized spacial score (nSPS) is 12.9. The van der Waals surface area contributed by atoms with Crippen molar-refractivity contribution in [2.24, 2.45) is 11.8 Å². The highest BCUT2D eigenvalue weighted by Gasteiger charge is 2.21. The van der Waals surface area contributed by atoms with Crippen LogP contribution < -0.4 is 9.47 Å². The molecule has 0 radical (unpaired) electrons. The number of benzene rings is 2. The Morgan fingerprint density at radius 3 is 2.12 bits per heavy atom. The first-order valence-electron chi connectivity index (χ1n) is 8.76. The highest BCUT2D eigenvalue weighted by Crippen LogP contribution is 2.21. The fraction of sp³-hybridized carbons (Fsp3) is 0.381. The summed E-state index contributed by atoms with van der Waals surface area (Å²) in [7, 11) is 0. The third-order valence-corrected chi connectivity index (χ3v) is 4.42. The molecule has 0 amide bonds. The van der Waals surface area contributed by atoms with Crippen LogP contribution in [0.3, 0.4) is 0 Å². The van der Waals surface area contributed by atoms with Crippen LogP contribution >= 0.6 is 11.6 Å². The number of carbonyl (C=O) groups is 1. The van der Waals surface area contributed by atoms with Gasteiger partial charge in [0.1, 0.15) is 18.1 Å². The summed E-state index contributed by atoms with van der Waals surface area (Å²) in [6.45, 7) is 6.97. The SMILES string of the molecule is CCOC(=O)C(C)C(C)COc1ccc(OCc2ccc(Cl)cc2)cc1. The Balaban J connectivity index is 1.79. The molecule has 0 spiro atoms. The van der Waals surface area contributed by atoms with Crippen LogP contribution in [0.5, 0.6) is 11.5 Å². The molecule has 2 atom stereocenters. The second kappa shape index (κ2) is 10.1. The van der Waals surface area contributed by atoms with E-state index in [-0.39, 0.29) is 17.8 Å². The quantitative estimate of drug-likeness (QED) is 0.569. The Morgan fingerprint density at radius 2 is 1.54 bits per heavy atom. The second-order valence-corrected chi connectivity index (χ2v) is 6.65. The molecule has 2 aromatic rings. The fourth-order valence-electron chi connectivity index (χ4n) is 2.26. The molecule has 4 nitrogen and oxygen atoms in total. The largest absolute Gasteiger partial charge is 0.493 e. The average Bonchev–Trinajstić information content (AvgIpc) is 2.66. The lowest BCUT2D eigenvalue weighted by Gasteiger charge is -2.19. The first-order valence-corrected chi connectivity index (χ1v) is 9.14. The van der Waals surface area contributed by atoms with Crippen molar-refractivity contribution in [3.05, 3.63) is 59.1 Å². The summed E-state index contributed by atoms with van der Waals surface area (Å²) in [6, 6.07) is 15.0. The van der Waals surface area contributed by atoms with Crippen molar-refractivity contribution in [3.63, 3.8) is 0 Å². The van der Waals surface area contributed by atoms with Crippen LogP contribution in [0.2, 0.25) is 5.02 Å². The summed E-state index contributed by atoms with van der Waals surface area (Å²) in [6.07, 6.45) is 0. The molecule has 0 N–H and O–H groups in total. The van der Waals surface area contributed by atoms with E-state index in [9.17, 15) is 4.79 Å². The highest BCUT2D eigenvalue weighted by atomic mass is 35.5. The van der Waals surface area contributed by atoms with Gasteiger partial charge in [-0.3, -0.25) is 4.79 Å². The zero-order valence-electron chi connectivity index (χ0n) is 15.4. The van der Waals surface area contributed by atoms with Crippen molar-refractivity contribution in [3.8, 4) is 11.5 Å². The van der Waals surface area contributed by atoms with Crippen LogP contribution in [0.15, 0.2) is 48.5 Å². The van der Waals surface area contributed by atoms with Gasteiger partial charge in [0.15, 0.2) is 0 Å². The predicted octanol–water partition coefficient (Wildman–Crippen LogP) is 5.13. The van der Waals surface area contributed by atoms with Crippen molar-refractivity contribution in [1.82, 2.24) is 0 Å². The van der Waals surface area contributed by atoms with Crippen molar-refractivity contribution < 1.29 is 19.0 Å². The summed E-state index contributed by atoms with van der Waals surface area (Å²) in [5, 5.41) is 0.710. The van der Waals surface area contributed by atoms with E-state index in [1.807, 2.05) is 69.3 Å². The molecule has 140 valence electrons. The topological polar surface area (TPSA) is 44.8 Å². The Bertz CT molecular complexity index is 682. The van der Waals surface area contributed by atoms with Gasteiger partial charge in [-0.15, -0.1) is 0 Å². The van der Waals surface area contributed by atoms with Gasteiger partial charge >= 0.3 is 5.97 Å². The summed E-state index contributed by atoms with van der Waals surface area (Å²) in [5.74, 6) is 1.19.